The highest BCUT2D eigenvalue weighted by Crippen LogP contribution is 2.32. The predicted molar refractivity (Wildman–Crippen MR) is 74.3 cm³/mol. The first-order chi connectivity index (χ1) is 8.15. The maximum atomic E-state index is 6.01. The Balaban J connectivity index is 2.39. The molecule has 96 valence electrons. The van der Waals surface area contributed by atoms with E-state index in [1.54, 1.807) is 12.1 Å². The quantitative estimate of drug-likeness (QED) is 0.760. The normalized spacial score (nSPS) is 12.5. The Morgan fingerprint density at radius 3 is 2.53 bits per heavy atom. The van der Waals surface area contributed by atoms with Crippen LogP contribution in [-0.4, -0.2) is 19.7 Å². The molecule has 1 aromatic rings. The van der Waals surface area contributed by atoms with Crippen molar-refractivity contribution in [1.82, 2.24) is 5.32 Å². The van der Waals surface area contributed by atoms with Crippen molar-refractivity contribution in [2.24, 2.45) is 5.92 Å². The Labute approximate surface area is 113 Å². The molecule has 0 aliphatic rings. The van der Waals surface area contributed by atoms with E-state index in [2.05, 4.69) is 19.2 Å². The van der Waals surface area contributed by atoms with Gasteiger partial charge in [0.15, 0.2) is 5.75 Å². The molecule has 2 nitrogen and oxygen atoms in total. The summed E-state index contributed by atoms with van der Waals surface area (Å²) in [6.07, 6.45) is 1.14. The molecular weight excluding hydrogens is 257 g/mol. The molecule has 1 rings (SSSR count). The third-order valence-corrected chi connectivity index (χ3v) is 2.95. The van der Waals surface area contributed by atoms with Gasteiger partial charge in [-0.1, -0.05) is 43.1 Å². The van der Waals surface area contributed by atoms with E-state index in [1.165, 1.54) is 0 Å². The fraction of sp³-hybridized carbons (Fsp3) is 0.538. The lowest BCUT2D eigenvalue weighted by molar-refractivity contribution is 0.256. The molecule has 0 amide bonds. The monoisotopic (exact) mass is 275 g/mol. The molecule has 0 aliphatic heterocycles. The SMILES string of the molecule is CCCNCC(C)COc1c(Cl)cccc1Cl. The van der Waals surface area contributed by atoms with Gasteiger partial charge < -0.3 is 10.1 Å². The highest BCUT2D eigenvalue weighted by molar-refractivity contribution is 6.37. The number of ether oxygens (including phenoxy) is 1. The summed E-state index contributed by atoms with van der Waals surface area (Å²) < 4.78 is 5.66. The number of benzene rings is 1. The first kappa shape index (κ1) is 14.6. The molecule has 0 radical (unpaired) electrons. The van der Waals surface area contributed by atoms with Crippen molar-refractivity contribution < 1.29 is 4.74 Å². The molecule has 0 aromatic heterocycles. The van der Waals surface area contributed by atoms with Gasteiger partial charge in [0.1, 0.15) is 0 Å². The molecular formula is C13H19Cl2NO. The molecule has 1 aromatic carbocycles. The summed E-state index contributed by atoms with van der Waals surface area (Å²) in [5, 5.41) is 4.48. The molecule has 0 fully saturated rings. The van der Waals surface area contributed by atoms with Gasteiger partial charge in [0.05, 0.1) is 16.7 Å². The first-order valence-electron chi connectivity index (χ1n) is 5.92. The van der Waals surface area contributed by atoms with Crippen LogP contribution in [0, 0.1) is 5.92 Å². The fourth-order valence-corrected chi connectivity index (χ4v) is 1.94. The van der Waals surface area contributed by atoms with Gasteiger partial charge in [-0.15, -0.1) is 0 Å². The molecule has 1 N–H and O–H groups in total. The molecule has 1 unspecified atom stereocenters. The maximum Gasteiger partial charge on any atom is 0.156 e. The van der Waals surface area contributed by atoms with Crippen molar-refractivity contribution in [1.29, 1.82) is 0 Å². The average molecular weight is 276 g/mol. The number of para-hydroxylation sites is 1. The van der Waals surface area contributed by atoms with Crippen LogP contribution in [0.2, 0.25) is 10.0 Å². The molecule has 0 bridgehead atoms. The highest BCUT2D eigenvalue weighted by Gasteiger charge is 2.08. The number of nitrogens with one attached hydrogen (secondary N) is 1. The lowest BCUT2D eigenvalue weighted by Gasteiger charge is -2.15. The molecule has 1 atom stereocenters. The summed E-state index contributed by atoms with van der Waals surface area (Å²) in [7, 11) is 0. The van der Waals surface area contributed by atoms with Crippen molar-refractivity contribution in [3.63, 3.8) is 0 Å². The second kappa shape index (κ2) is 7.80. The van der Waals surface area contributed by atoms with Crippen molar-refractivity contribution in [2.45, 2.75) is 20.3 Å². The molecule has 17 heavy (non-hydrogen) atoms. The standard InChI is InChI=1S/C13H19Cl2NO/c1-3-7-16-8-10(2)9-17-13-11(14)5-4-6-12(13)15/h4-6,10,16H,3,7-9H2,1-2H3. The van der Waals surface area contributed by atoms with E-state index in [4.69, 9.17) is 27.9 Å². The minimum atomic E-state index is 0.425. The Morgan fingerprint density at radius 1 is 1.29 bits per heavy atom. The van der Waals surface area contributed by atoms with Crippen molar-refractivity contribution >= 4 is 23.2 Å². The van der Waals surface area contributed by atoms with E-state index in [9.17, 15) is 0 Å². The number of hydrogen-bond acceptors (Lipinski definition) is 2. The number of halogens is 2. The molecule has 0 heterocycles. The van der Waals surface area contributed by atoms with Gasteiger partial charge >= 0.3 is 0 Å². The molecule has 0 spiro atoms. The zero-order valence-corrected chi connectivity index (χ0v) is 11.8. The lowest BCUT2D eigenvalue weighted by atomic mass is 10.2. The van der Waals surface area contributed by atoms with E-state index in [0.29, 0.717) is 28.3 Å². The molecule has 0 saturated heterocycles. The third kappa shape index (κ3) is 5.15. The van der Waals surface area contributed by atoms with Crippen LogP contribution in [0.5, 0.6) is 5.75 Å². The molecule has 0 saturated carbocycles. The summed E-state index contributed by atoms with van der Waals surface area (Å²) >= 11 is 12.0. The molecule has 4 heteroatoms. The predicted octanol–water partition coefficient (Wildman–Crippen LogP) is 4.01. The maximum absolute atomic E-state index is 6.01. The second-order valence-corrected chi connectivity index (χ2v) is 4.99. The first-order valence-corrected chi connectivity index (χ1v) is 6.68. The summed E-state index contributed by atoms with van der Waals surface area (Å²) in [6.45, 7) is 6.87. The Kier molecular flexibility index (Phi) is 6.71. The van der Waals surface area contributed by atoms with Crippen LogP contribution in [0.15, 0.2) is 18.2 Å². The van der Waals surface area contributed by atoms with Crippen LogP contribution in [0.3, 0.4) is 0 Å². The van der Waals surface area contributed by atoms with E-state index in [1.807, 2.05) is 6.07 Å². The minimum Gasteiger partial charge on any atom is -0.490 e. The zero-order chi connectivity index (χ0) is 12.7. The minimum absolute atomic E-state index is 0.425. The topological polar surface area (TPSA) is 21.3 Å². The number of hydrogen-bond donors (Lipinski definition) is 1. The second-order valence-electron chi connectivity index (χ2n) is 4.17. The van der Waals surface area contributed by atoms with Crippen LogP contribution in [0.4, 0.5) is 0 Å². The van der Waals surface area contributed by atoms with E-state index < -0.39 is 0 Å². The summed E-state index contributed by atoms with van der Waals surface area (Å²) in [5.74, 6) is 1.01. The summed E-state index contributed by atoms with van der Waals surface area (Å²) in [5.41, 5.74) is 0. The van der Waals surface area contributed by atoms with Crippen LogP contribution < -0.4 is 10.1 Å². The Hall–Kier alpha value is -0.440. The van der Waals surface area contributed by atoms with Crippen LogP contribution in [0.25, 0.3) is 0 Å². The smallest absolute Gasteiger partial charge is 0.156 e. The average Bonchev–Trinajstić information content (AvgIpc) is 2.29. The fourth-order valence-electron chi connectivity index (χ4n) is 1.43. The summed E-state index contributed by atoms with van der Waals surface area (Å²) in [6, 6.07) is 5.37. The van der Waals surface area contributed by atoms with Gasteiger partial charge in [0, 0.05) is 12.5 Å². The van der Waals surface area contributed by atoms with E-state index in [0.717, 1.165) is 19.5 Å². The summed E-state index contributed by atoms with van der Waals surface area (Å²) in [4.78, 5) is 0. The van der Waals surface area contributed by atoms with Gasteiger partial charge in [-0.25, -0.2) is 0 Å². The van der Waals surface area contributed by atoms with Crippen LogP contribution >= 0.6 is 23.2 Å². The van der Waals surface area contributed by atoms with Crippen molar-refractivity contribution in [3.05, 3.63) is 28.2 Å². The lowest BCUT2D eigenvalue weighted by Crippen LogP contribution is -2.25. The Morgan fingerprint density at radius 2 is 1.94 bits per heavy atom. The van der Waals surface area contributed by atoms with Gasteiger partial charge in [0.2, 0.25) is 0 Å². The van der Waals surface area contributed by atoms with Gasteiger partial charge in [-0.2, -0.15) is 0 Å². The van der Waals surface area contributed by atoms with Crippen molar-refractivity contribution in [2.75, 3.05) is 19.7 Å². The van der Waals surface area contributed by atoms with Gasteiger partial charge in [-0.05, 0) is 25.1 Å². The van der Waals surface area contributed by atoms with Crippen LogP contribution in [-0.2, 0) is 0 Å². The van der Waals surface area contributed by atoms with Gasteiger partial charge in [-0.3, -0.25) is 0 Å². The van der Waals surface area contributed by atoms with Crippen molar-refractivity contribution in [3.8, 4) is 5.75 Å². The largest absolute Gasteiger partial charge is 0.490 e. The number of rotatable bonds is 7. The van der Waals surface area contributed by atoms with E-state index >= 15 is 0 Å². The Bertz CT molecular complexity index is 324. The zero-order valence-electron chi connectivity index (χ0n) is 10.3. The highest BCUT2D eigenvalue weighted by atomic mass is 35.5. The van der Waals surface area contributed by atoms with Crippen LogP contribution in [0.1, 0.15) is 20.3 Å². The third-order valence-electron chi connectivity index (χ3n) is 2.35. The van der Waals surface area contributed by atoms with Gasteiger partial charge in [0.25, 0.3) is 0 Å². The van der Waals surface area contributed by atoms with E-state index in [-0.39, 0.29) is 0 Å². The molecule has 0 aliphatic carbocycles.